The van der Waals surface area contributed by atoms with Crippen LogP contribution in [0.2, 0.25) is 0 Å². The highest BCUT2D eigenvalue weighted by Crippen LogP contribution is 2.29. The zero-order chi connectivity index (χ0) is 19.9. The van der Waals surface area contributed by atoms with E-state index in [1.54, 1.807) is 19.3 Å². The first kappa shape index (κ1) is 20.3. The summed E-state index contributed by atoms with van der Waals surface area (Å²) in [5, 5.41) is 2.96. The largest absolute Gasteiger partial charge is 0.444 e. The lowest BCUT2D eigenvalue weighted by atomic mass is 10.0. The summed E-state index contributed by atoms with van der Waals surface area (Å²) in [4.78, 5) is 17.0. The van der Waals surface area contributed by atoms with Crippen LogP contribution in [0.4, 0.5) is 4.79 Å². The minimum Gasteiger partial charge on any atom is -0.444 e. The Hall–Kier alpha value is -3.00. The van der Waals surface area contributed by atoms with Crippen molar-refractivity contribution in [1.29, 1.82) is 0 Å². The molecule has 0 saturated heterocycles. The van der Waals surface area contributed by atoms with Gasteiger partial charge < -0.3 is 14.6 Å². The van der Waals surface area contributed by atoms with Gasteiger partial charge in [0.1, 0.15) is 5.60 Å². The summed E-state index contributed by atoms with van der Waals surface area (Å²) in [6, 6.07) is 9.57. The van der Waals surface area contributed by atoms with Gasteiger partial charge in [0.05, 0.1) is 30.3 Å². The summed E-state index contributed by atoms with van der Waals surface area (Å²) in [6.45, 7) is 11.6. The first-order chi connectivity index (χ1) is 12.9. The molecular formula is C22H27N3O2. The van der Waals surface area contributed by atoms with Gasteiger partial charge in [-0.15, -0.1) is 12.5 Å². The van der Waals surface area contributed by atoms with Crippen LogP contribution >= 0.6 is 0 Å². The number of amides is 1. The summed E-state index contributed by atoms with van der Waals surface area (Å²) in [6.07, 6.45) is 3.61. The quantitative estimate of drug-likeness (QED) is 0.595. The fourth-order valence-corrected chi connectivity index (χ4v) is 2.72. The Balaban J connectivity index is 2.45. The summed E-state index contributed by atoms with van der Waals surface area (Å²) < 4.78 is 7.40. The van der Waals surface area contributed by atoms with Gasteiger partial charge in [0.2, 0.25) is 0 Å². The molecule has 1 aromatic carbocycles. The summed E-state index contributed by atoms with van der Waals surface area (Å²) >= 11 is 0. The highest BCUT2D eigenvalue weighted by atomic mass is 16.6. The van der Waals surface area contributed by atoms with Crippen molar-refractivity contribution < 1.29 is 9.53 Å². The van der Waals surface area contributed by atoms with Crippen molar-refractivity contribution in [3.8, 4) is 23.1 Å². The number of aromatic nitrogens is 2. The minimum atomic E-state index is -0.570. The topological polar surface area (TPSA) is 56.1 Å². The monoisotopic (exact) mass is 365 g/mol. The maximum absolute atomic E-state index is 12.4. The van der Waals surface area contributed by atoms with Crippen molar-refractivity contribution in [2.45, 2.75) is 52.3 Å². The molecular weight excluding hydrogens is 338 g/mol. The zero-order valence-corrected chi connectivity index (χ0v) is 16.5. The van der Waals surface area contributed by atoms with Crippen LogP contribution < -0.4 is 5.32 Å². The van der Waals surface area contributed by atoms with Crippen LogP contribution in [0.3, 0.4) is 0 Å². The number of rotatable bonds is 6. The normalized spacial score (nSPS) is 11.9. The van der Waals surface area contributed by atoms with E-state index in [1.807, 2.05) is 55.7 Å². The number of hydrogen-bond acceptors (Lipinski definition) is 3. The van der Waals surface area contributed by atoms with E-state index in [9.17, 15) is 4.79 Å². The number of hydrogen-bond donors (Lipinski definition) is 1. The molecule has 0 saturated carbocycles. The predicted molar refractivity (Wildman–Crippen MR) is 108 cm³/mol. The van der Waals surface area contributed by atoms with Crippen LogP contribution in [0.1, 0.15) is 45.9 Å². The molecule has 2 aromatic rings. The maximum atomic E-state index is 12.4. The number of nitrogens with one attached hydrogen (secondary N) is 1. The van der Waals surface area contributed by atoms with Crippen molar-refractivity contribution in [2.24, 2.45) is 0 Å². The molecule has 0 aliphatic heterocycles. The Morgan fingerprint density at radius 2 is 2.07 bits per heavy atom. The lowest BCUT2D eigenvalue weighted by Gasteiger charge is -2.24. The molecule has 0 spiro atoms. The third-order valence-corrected chi connectivity index (χ3v) is 3.78. The second kappa shape index (κ2) is 9.09. The highest BCUT2D eigenvalue weighted by Gasteiger charge is 2.25. The number of nitrogens with zero attached hydrogens (tertiary/aromatic N) is 2. The van der Waals surface area contributed by atoms with Crippen LogP contribution in [-0.4, -0.2) is 21.2 Å². The smallest absolute Gasteiger partial charge is 0.408 e. The number of benzene rings is 1. The van der Waals surface area contributed by atoms with Gasteiger partial charge >= 0.3 is 6.09 Å². The molecule has 0 aliphatic carbocycles. The van der Waals surface area contributed by atoms with Gasteiger partial charge in [-0.1, -0.05) is 42.3 Å². The Bertz CT molecular complexity index is 836. The lowest BCUT2D eigenvalue weighted by molar-refractivity contribution is 0.0502. The van der Waals surface area contributed by atoms with Crippen molar-refractivity contribution in [2.75, 3.05) is 0 Å². The van der Waals surface area contributed by atoms with Gasteiger partial charge in [0.25, 0.3) is 0 Å². The molecule has 142 valence electrons. The van der Waals surface area contributed by atoms with Gasteiger partial charge in [-0.3, -0.25) is 0 Å². The third-order valence-electron chi connectivity index (χ3n) is 3.78. The number of imidazole rings is 1. The average molecular weight is 365 g/mol. The van der Waals surface area contributed by atoms with Crippen LogP contribution in [0.5, 0.6) is 0 Å². The zero-order valence-electron chi connectivity index (χ0n) is 16.5. The van der Waals surface area contributed by atoms with Crippen molar-refractivity contribution >= 4 is 6.09 Å². The summed E-state index contributed by atoms with van der Waals surface area (Å²) in [5.41, 5.74) is 2.11. The van der Waals surface area contributed by atoms with Gasteiger partial charge in [-0.05, 0) is 34.1 Å². The first-order valence-electron chi connectivity index (χ1n) is 8.96. The van der Waals surface area contributed by atoms with Gasteiger partial charge in [0, 0.05) is 5.56 Å². The molecule has 0 fully saturated rings. The standard InChI is InChI=1S/C22H27N3O2/c1-6-8-15-25-16-23-19(17-13-10-9-11-14-17)20(25)18(12-7-2)24-21(26)27-22(3,4)5/h7,9-11,13-14,16,18H,2,12,15H2,1,3-5H3,(H,24,26). The van der Waals surface area contributed by atoms with E-state index in [0.29, 0.717) is 13.0 Å². The number of alkyl carbamates (subject to hydrolysis) is 1. The van der Waals surface area contributed by atoms with Gasteiger partial charge in [-0.2, -0.15) is 0 Å². The molecule has 1 N–H and O–H groups in total. The molecule has 1 unspecified atom stereocenters. The van der Waals surface area contributed by atoms with Gasteiger partial charge in [-0.25, -0.2) is 9.78 Å². The van der Waals surface area contributed by atoms with E-state index >= 15 is 0 Å². The SMILES string of the molecule is C=CCC(NC(=O)OC(C)(C)C)c1c(-c2ccccc2)ncn1CC#CC. The fourth-order valence-electron chi connectivity index (χ4n) is 2.72. The molecule has 0 aliphatic rings. The number of carbonyl (C=O) groups is 1. The molecule has 2 rings (SSSR count). The van der Waals surface area contributed by atoms with E-state index in [4.69, 9.17) is 4.74 Å². The Kier molecular flexibility index (Phi) is 6.84. The van der Waals surface area contributed by atoms with Crippen LogP contribution in [-0.2, 0) is 11.3 Å². The maximum Gasteiger partial charge on any atom is 0.408 e. The second-order valence-electron chi connectivity index (χ2n) is 7.12. The Labute approximate surface area is 161 Å². The summed E-state index contributed by atoms with van der Waals surface area (Å²) in [5.74, 6) is 5.97. The molecule has 1 heterocycles. The van der Waals surface area contributed by atoms with Crippen LogP contribution in [0, 0.1) is 11.8 Å². The van der Waals surface area contributed by atoms with E-state index in [-0.39, 0.29) is 6.04 Å². The molecule has 0 bridgehead atoms. The van der Waals surface area contributed by atoms with Gasteiger partial charge in [0.15, 0.2) is 0 Å². The predicted octanol–water partition coefficient (Wildman–Crippen LogP) is 4.72. The van der Waals surface area contributed by atoms with E-state index < -0.39 is 11.7 Å². The molecule has 1 aromatic heterocycles. The molecule has 1 atom stereocenters. The molecule has 1 amide bonds. The lowest BCUT2D eigenvalue weighted by Crippen LogP contribution is -2.35. The molecule has 5 nitrogen and oxygen atoms in total. The van der Waals surface area contributed by atoms with Crippen molar-refractivity contribution in [3.05, 3.63) is 55.0 Å². The Morgan fingerprint density at radius 1 is 1.37 bits per heavy atom. The number of ether oxygens (including phenoxy) is 1. The van der Waals surface area contributed by atoms with E-state index in [1.165, 1.54) is 0 Å². The Morgan fingerprint density at radius 3 is 2.67 bits per heavy atom. The van der Waals surface area contributed by atoms with Crippen molar-refractivity contribution in [3.63, 3.8) is 0 Å². The molecule has 0 radical (unpaired) electrons. The number of carbonyl (C=O) groups excluding carboxylic acids is 1. The average Bonchev–Trinajstić information content (AvgIpc) is 3.02. The third kappa shape index (κ3) is 5.75. The van der Waals surface area contributed by atoms with Crippen molar-refractivity contribution in [1.82, 2.24) is 14.9 Å². The highest BCUT2D eigenvalue weighted by molar-refractivity contribution is 5.70. The minimum absolute atomic E-state index is 0.325. The van der Waals surface area contributed by atoms with Crippen LogP contribution in [0.15, 0.2) is 49.3 Å². The fraction of sp³-hybridized carbons (Fsp3) is 0.364. The first-order valence-corrected chi connectivity index (χ1v) is 8.96. The molecule has 27 heavy (non-hydrogen) atoms. The summed E-state index contributed by atoms with van der Waals surface area (Å²) in [7, 11) is 0. The molecule has 5 heteroatoms. The van der Waals surface area contributed by atoms with E-state index in [2.05, 4.69) is 28.7 Å². The van der Waals surface area contributed by atoms with Crippen LogP contribution in [0.25, 0.3) is 11.3 Å². The van der Waals surface area contributed by atoms with E-state index in [0.717, 1.165) is 17.0 Å². The second-order valence-corrected chi connectivity index (χ2v) is 7.12.